The molecule has 0 saturated heterocycles. The summed E-state index contributed by atoms with van der Waals surface area (Å²) in [5, 5.41) is 12.2. The summed E-state index contributed by atoms with van der Waals surface area (Å²) >= 11 is 0. The zero-order valence-corrected chi connectivity index (χ0v) is 16.4. The Morgan fingerprint density at radius 3 is 2.50 bits per heavy atom. The van der Waals surface area contributed by atoms with Gasteiger partial charge in [0.2, 0.25) is 0 Å². The van der Waals surface area contributed by atoms with Crippen molar-refractivity contribution in [3.8, 4) is 17.0 Å². The summed E-state index contributed by atoms with van der Waals surface area (Å²) in [6.45, 7) is 3.72. The fraction of sp³-hybridized carbons (Fsp3) is 0.200. The highest BCUT2D eigenvalue weighted by molar-refractivity contribution is 7.92. The third-order valence-corrected chi connectivity index (χ3v) is 6.44. The maximum Gasteiger partial charge on any atom is 0.180 e. The molecule has 0 bridgehead atoms. The first-order valence-electron chi connectivity index (χ1n) is 8.76. The van der Waals surface area contributed by atoms with E-state index >= 15 is 0 Å². The first-order chi connectivity index (χ1) is 13.3. The molecule has 0 unspecified atom stereocenters. The van der Waals surface area contributed by atoms with Gasteiger partial charge in [0.25, 0.3) is 0 Å². The second kappa shape index (κ2) is 7.85. The summed E-state index contributed by atoms with van der Waals surface area (Å²) < 4.78 is 24.5. The van der Waals surface area contributed by atoms with Crippen molar-refractivity contribution in [1.82, 2.24) is 9.97 Å². The Morgan fingerprint density at radius 2 is 1.86 bits per heavy atom. The highest BCUT2D eigenvalue weighted by Gasteiger charge is 2.19. The lowest BCUT2D eigenvalue weighted by Gasteiger charge is -2.11. The molecule has 2 aromatic carbocycles. The number of hydrogen-bond donors (Lipinski definition) is 3. The minimum Gasteiger partial charge on any atom is -0.508 e. The third-order valence-electron chi connectivity index (χ3n) is 4.27. The molecule has 0 saturated carbocycles. The number of nitrogen functional groups attached to an aromatic ring is 1. The Labute approximate surface area is 164 Å². The van der Waals surface area contributed by atoms with Gasteiger partial charge in [-0.05, 0) is 43.7 Å². The number of phenolic OH excluding ortho intramolecular Hbond substituents is 1. The lowest BCUT2D eigenvalue weighted by Crippen LogP contribution is -2.13. The summed E-state index contributed by atoms with van der Waals surface area (Å²) in [4.78, 5) is 8.94. The standard InChI is InChI=1S/C20H22N4O3S/c1-13(2)28(26,27)17-8-6-15(7-9-17)18-12-22-19(21)20(24-18)23-11-14-4-3-5-16(25)10-14/h3-10,12-13,25H,11H2,1-2H3,(H2,21,22)(H,23,24). The maximum absolute atomic E-state index is 12.3. The quantitative estimate of drug-likeness (QED) is 0.583. The fourth-order valence-electron chi connectivity index (χ4n) is 2.61. The number of nitrogens with zero attached hydrogens (tertiary/aromatic N) is 2. The first-order valence-corrected chi connectivity index (χ1v) is 10.3. The molecular formula is C20H22N4O3S. The van der Waals surface area contributed by atoms with E-state index in [1.165, 1.54) is 0 Å². The molecule has 0 aliphatic heterocycles. The van der Waals surface area contributed by atoms with Crippen LogP contribution in [0.3, 0.4) is 0 Å². The highest BCUT2D eigenvalue weighted by Crippen LogP contribution is 2.24. The average molecular weight is 398 g/mol. The summed E-state index contributed by atoms with van der Waals surface area (Å²) in [7, 11) is -3.32. The Morgan fingerprint density at radius 1 is 1.14 bits per heavy atom. The van der Waals surface area contributed by atoms with Crippen LogP contribution in [0.2, 0.25) is 0 Å². The molecule has 0 atom stereocenters. The van der Waals surface area contributed by atoms with E-state index in [-0.39, 0.29) is 16.5 Å². The monoisotopic (exact) mass is 398 g/mol. The molecule has 8 heteroatoms. The molecule has 146 valence electrons. The maximum atomic E-state index is 12.3. The molecule has 28 heavy (non-hydrogen) atoms. The summed E-state index contributed by atoms with van der Waals surface area (Å²) in [6, 6.07) is 13.4. The van der Waals surface area contributed by atoms with Crippen molar-refractivity contribution in [3.63, 3.8) is 0 Å². The molecule has 0 spiro atoms. The van der Waals surface area contributed by atoms with Crippen LogP contribution >= 0.6 is 0 Å². The van der Waals surface area contributed by atoms with Crippen LogP contribution < -0.4 is 11.1 Å². The van der Waals surface area contributed by atoms with Crippen LogP contribution in [0.4, 0.5) is 11.6 Å². The molecule has 3 aromatic rings. The molecule has 4 N–H and O–H groups in total. The lowest BCUT2D eigenvalue weighted by molar-refractivity contribution is 0.474. The van der Waals surface area contributed by atoms with Gasteiger partial charge in [0.15, 0.2) is 21.5 Å². The number of nitrogens with one attached hydrogen (secondary N) is 1. The Hall–Kier alpha value is -3.13. The van der Waals surface area contributed by atoms with E-state index in [9.17, 15) is 13.5 Å². The molecule has 0 amide bonds. The van der Waals surface area contributed by atoms with Gasteiger partial charge in [-0.2, -0.15) is 0 Å². The SMILES string of the molecule is CC(C)S(=O)(=O)c1ccc(-c2cnc(N)c(NCc3cccc(O)c3)n2)cc1. The van der Waals surface area contributed by atoms with Gasteiger partial charge in [0, 0.05) is 12.1 Å². The van der Waals surface area contributed by atoms with E-state index in [4.69, 9.17) is 5.73 Å². The van der Waals surface area contributed by atoms with Gasteiger partial charge in [-0.25, -0.2) is 18.4 Å². The van der Waals surface area contributed by atoms with Crippen LogP contribution in [0.1, 0.15) is 19.4 Å². The smallest absolute Gasteiger partial charge is 0.180 e. The van der Waals surface area contributed by atoms with Gasteiger partial charge in [0.05, 0.1) is 22.0 Å². The van der Waals surface area contributed by atoms with E-state index in [0.717, 1.165) is 11.1 Å². The van der Waals surface area contributed by atoms with Crippen molar-refractivity contribution in [3.05, 3.63) is 60.3 Å². The number of benzene rings is 2. The predicted octanol–water partition coefficient (Wildman–Crippen LogP) is 3.23. The molecule has 0 radical (unpaired) electrons. The van der Waals surface area contributed by atoms with Crippen molar-refractivity contribution < 1.29 is 13.5 Å². The van der Waals surface area contributed by atoms with E-state index in [1.807, 2.05) is 6.07 Å². The van der Waals surface area contributed by atoms with Crippen LogP contribution in [-0.4, -0.2) is 28.7 Å². The van der Waals surface area contributed by atoms with Crippen LogP contribution in [0.15, 0.2) is 59.6 Å². The molecule has 1 heterocycles. The minimum absolute atomic E-state index is 0.184. The number of rotatable bonds is 6. The van der Waals surface area contributed by atoms with Crippen molar-refractivity contribution in [1.29, 1.82) is 0 Å². The largest absolute Gasteiger partial charge is 0.508 e. The van der Waals surface area contributed by atoms with Gasteiger partial charge in [0.1, 0.15) is 5.75 Å². The topological polar surface area (TPSA) is 118 Å². The zero-order chi connectivity index (χ0) is 20.3. The first kappa shape index (κ1) is 19.6. The van der Waals surface area contributed by atoms with Crippen molar-refractivity contribution >= 4 is 21.5 Å². The van der Waals surface area contributed by atoms with E-state index in [1.54, 1.807) is 62.5 Å². The number of hydrogen-bond acceptors (Lipinski definition) is 7. The number of aromatic nitrogens is 2. The van der Waals surface area contributed by atoms with Gasteiger partial charge < -0.3 is 16.2 Å². The molecule has 1 aromatic heterocycles. The van der Waals surface area contributed by atoms with E-state index in [2.05, 4.69) is 15.3 Å². The zero-order valence-electron chi connectivity index (χ0n) is 15.6. The van der Waals surface area contributed by atoms with E-state index in [0.29, 0.717) is 18.1 Å². The minimum atomic E-state index is -3.32. The third kappa shape index (κ3) is 4.23. The highest BCUT2D eigenvalue weighted by atomic mass is 32.2. The van der Waals surface area contributed by atoms with Gasteiger partial charge in [-0.3, -0.25) is 0 Å². The van der Waals surface area contributed by atoms with Crippen molar-refractivity contribution in [2.24, 2.45) is 0 Å². The Bertz CT molecular complexity index is 1080. The van der Waals surface area contributed by atoms with Crippen LogP contribution in [0.5, 0.6) is 5.75 Å². The molecule has 7 nitrogen and oxygen atoms in total. The molecule has 0 aliphatic carbocycles. The fourth-order valence-corrected chi connectivity index (χ4v) is 3.67. The molecule has 3 rings (SSSR count). The average Bonchev–Trinajstić information content (AvgIpc) is 2.67. The summed E-state index contributed by atoms with van der Waals surface area (Å²) in [5.41, 5.74) is 8.08. The molecular weight excluding hydrogens is 376 g/mol. The second-order valence-corrected chi connectivity index (χ2v) is 9.13. The molecule has 0 fully saturated rings. The number of aromatic hydroxyl groups is 1. The van der Waals surface area contributed by atoms with Crippen LogP contribution in [0.25, 0.3) is 11.3 Å². The Kier molecular flexibility index (Phi) is 5.51. The summed E-state index contributed by atoms with van der Waals surface area (Å²) in [6.07, 6.45) is 1.54. The predicted molar refractivity (Wildman–Crippen MR) is 110 cm³/mol. The number of nitrogens with two attached hydrogens (primary N) is 1. The number of phenols is 1. The van der Waals surface area contributed by atoms with E-state index < -0.39 is 15.1 Å². The molecule has 0 aliphatic rings. The van der Waals surface area contributed by atoms with Crippen molar-refractivity contribution in [2.75, 3.05) is 11.1 Å². The normalized spacial score (nSPS) is 11.5. The number of sulfone groups is 1. The second-order valence-electron chi connectivity index (χ2n) is 6.63. The van der Waals surface area contributed by atoms with Crippen LogP contribution in [-0.2, 0) is 16.4 Å². The van der Waals surface area contributed by atoms with Gasteiger partial charge in [-0.1, -0.05) is 24.3 Å². The van der Waals surface area contributed by atoms with Gasteiger partial charge >= 0.3 is 0 Å². The van der Waals surface area contributed by atoms with Crippen LogP contribution in [0, 0.1) is 0 Å². The number of anilines is 2. The lowest BCUT2D eigenvalue weighted by atomic mass is 10.1. The van der Waals surface area contributed by atoms with Crippen molar-refractivity contribution in [2.45, 2.75) is 30.5 Å². The summed E-state index contributed by atoms with van der Waals surface area (Å²) in [5.74, 6) is 0.853. The van der Waals surface area contributed by atoms with Gasteiger partial charge in [-0.15, -0.1) is 0 Å². The Balaban J connectivity index is 1.83.